The molecular formula is C13H21NO3. The summed E-state index contributed by atoms with van der Waals surface area (Å²) in [5.74, 6) is 1.65. The number of ether oxygens (including phenoxy) is 1. The first-order chi connectivity index (χ1) is 8.20. The van der Waals surface area contributed by atoms with Gasteiger partial charge in [-0.1, -0.05) is 6.42 Å². The maximum absolute atomic E-state index is 11.9. The molecule has 2 bridgehead atoms. The van der Waals surface area contributed by atoms with Gasteiger partial charge in [-0.25, -0.2) is 0 Å². The van der Waals surface area contributed by atoms with Gasteiger partial charge in [-0.3, -0.25) is 9.59 Å². The Labute approximate surface area is 102 Å². The second-order valence-corrected chi connectivity index (χ2v) is 5.25. The second-order valence-electron chi connectivity index (χ2n) is 5.25. The predicted octanol–water partition coefficient (Wildman–Crippen LogP) is 1.49. The Morgan fingerprint density at radius 1 is 1.29 bits per heavy atom. The molecule has 2 rings (SSSR count). The van der Waals surface area contributed by atoms with Gasteiger partial charge in [0.2, 0.25) is 5.91 Å². The van der Waals surface area contributed by atoms with Crippen LogP contribution in [0.2, 0.25) is 0 Å². The van der Waals surface area contributed by atoms with E-state index in [1.807, 2.05) is 0 Å². The summed E-state index contributed by atoms with van der Waals surface area (Å²) in [7, 11) is 1.39. The minimum atomic E-state index is -0.209. The van der Waals surface area contributed by atoms with Crippen LogP contribution in [-0.4, -0.2) is 25.5 Å². The molecule has 96 valence electrons. The fourth-order valence-corrected chi connectivity index (χ4v) is 3.24. The Balaban J connectivity index is 1.63. The number of fused-ring (bicyclic) bond motifs is 2. The molecule has 0 aromatic carbocycles. The molecule has 2 fully saturated rings. The fraction of sp³-hybridized carbons (Fsp3) is 0.846. The van der Waals surface area contributed by atoms with Gasteiger partial charge in [0.15, 0.2) is 0 Å². The lowest BCUT2D eigenvalue weighted by Gasteiger charge is -2.20. The fourth-order valence-electron chi connectivity index (χ4n) is 3.24. The highest BCUT2D eigenvalue weighted by Crippen LogP contribution is 2.48. The molecule has 0 aromatic heterocycles. The predicted molar refractivity (Wildman–Crippen MR) is 63.2 cm³/mol. The minimum absolute atomic E-state index is 0.196. The number of methoxy groups -OCH3 is 1. The number of hydrogen-bond acceptors (Lipinski definition) is 3. The smallest absolute Gasteiger partial charge is 0.305 e. The van der Waals surface area contributed by atoms with Gasteiger partial charge in [0.1, 0.15) is 0 Å². The Morgan fingerprint density at radius 3 is 2.71 bits per heavy atom. The molecule has 0 saturated heterocycles. The van der Waals surface area contributed by atoms with E-state index in [0.29, 0.717) is 25.3 Å². The topological polar surface area (TPSA) is 55.4 Å². The van der Waals surface area contributed by atoms with Gasteiger partial charge in [0.05, 0.1) is 7.11 Å². The molecule has 17 heavy (non-hydrogen) atoms. The third-order valence-electron chi connectivity index (χ3n) is 4.16. The molecule has 4 nitrogen and oxygen atoms in total. The van der Waals surface area contributed by atoms with Crippen molar-refractivity contribution >= 4 is 11.9 Å². The van der Waals surface area contributed by atoms with Crippen LogP contribution in [0.25, 0.3) is 0 Å². The van der Waals surface area contributed by atoms with Gasteiger partial charge in [-0.2, -0.15) is 0 Å². The van der Waals surface area contributed by atoms with E-state index >= 15 is 0 Å². The maximum Gasteiger partial charge on any atom is 0.305 e. The molecule has 2 aliphatic carbocycles. The highest BCUT2D eigenvalue weighted by Gasteiger charge is 2.42. The summed E-state index contributed by atoms with van der Waals surface area (Å²) < 4.78 is 4.55. The molecule has 1 N–H and O–H groups in total. The van der Waals surface area contributed by atoms with Crippen molar-refractivity contribution in [2.45, 2.75) is 38.5 Å². The number of carbonyl (C=O) groups excluding carboxylic acids is 2. The largest absolute Gasteiger partial charge is 0.469 e. The molecular weight excluding hydrogens is 218 g/mol. The second kappa shape index (κ2) is 5.52. The van der Waals surface area contributed by atoms with E-state index in [1.165, 1.54) is 26.4 Å². The molecule has 2 saturated carbocycles. The zero-order valence-corrected chi connectivity index (χ0v) is 10.4. The van der Waals surface area contributed by atoms with Crippen molar-refractivity contribution in [1.82, 2.24) is 5.32 Å². The van der Waals surface area contributed by atoms with Crippen molar-refractivity contribution in [3.63, 3.8) is 0 Å². The van der Waals surface area contributed by atoms with Gasteiger partial charge in [0.25, 0.3) is 0 Å². The lowest BCUT2D eigenvalue weighted by atomic mass is 9.88. The van der Waals surface area contributed by atoms with Crippen molar-refractivity contribution in [3.05, 3.63) is 0 Å². The maximum atomic E-state index is 11.9. The summed E-state index contributed by atoms with van der Waals surface area (Å²) in [5, 5.41) is 2.94. The normalized spacial score (nSPS) is 30.3. The van der Waals surface area contributed by atoms with Gasteiger partial charge in [-0.05, 0) is 37.5 Å². The van der Waals surface area contributed by atoms with Crippen LogP contribution in [0.4, 0.5) is 0 Å². The van der Waals surface area contributed by atoms with E-state index in [-0.39, 0.29) is 17.8 Å². The van der Waals surface area contributed by atoms with Crippen LogP contribution in [0, 0.1) is 17.8 Å². The standard InChI is InChI=1S/C13H21NO3/c1-17-12(15)3-2-6-14-13(16)11-8-9-4-5-10(11)7-9/h9-11H,2-8H2,1H3,(H,14,16). The number of esters is 1. The first-order valence-electron chi connectivity index (χ1n) is 6.55. The Kier molecular flexibility index (Phi) is 4.02. The van der Waals surface area contributed by atoms with Crippen LogP contribution >= 0.6 is 0 Å². The summed E-state index contributed by atoms with van der Waals surface area (Å²) in [6, 6.07) is 0. The van der Waals surface area contributed by atoms with Crippen LogP contribution < -0.4 is 5.32 Å². The zero-order chi connectivity index (χ0) is 12.3. The first kappa shape index (κ1) is 12.4. The molecule has 3 unspecified atom stereocenters. The SMILES string of the molecule is COC(=O)CCCNC(=O)C1CC2CCC1C2. The highest BCUT2D eigenvalue weighted by atomic mass is 16.5. The van der Waals surface area contributed by atoms with E-state index in [4.69, 9.17) is 0 Å². The van der Waals surface area contributed by atoms with Crippen molar-refractivity contribution in [2.24, 2.45) is 17.8 Å². The average molecular weight is 239 g/mol. The quantitative estimate of drug-likeness (QED) is 0.584. The third-order valence-corrected chi connectivity index (χ3v) is 4.16. The van der Waals surface area contributed by atoms with Crippen LogP contribution in [0.15, 0.2) is 0 Å². The van der Waals surface area contributed by atoms with E-state index in [9.17, 15) is 9.59 Å². The number of hydrogen-bond donors (Lipinski definition) is 1. The van der Waals surface area contributed by atoms with E-state index in [1.54, 1.807) is 0 Å². The Hall–Kier alpha value is -1.06. The van der Waals surface area contributed by atoms with Crippen molar-refractivity contribution in [2.75, 3.05) is 13.7 Å². The molecule has 2 aliphatic rings. The summed E-state index contributed by atoms with van der Waals surface area (Å²) in [6.45, 7) is 0.585. The molecule has 0 spiro atoms. The molecule has 0 radical (unpaired) electrons. The van der Waals surface area contributed by atoms with Crippen molar-refractivity contribution < 1.29 is 14.3 Å². The summed E-state index contributed by atoms with van der Waals surface area (Å²) in [5.41, 5.74) is 0. The molecule has 0 heterocycles. The Bertz CT molecular complexity index is 303. The van der Waals surface area contributed by atoms with Crippen LogP contribution in [-0.2, 0) is 14.3 Å². The minimum Gasteiger partial charge on any atom is -0.469 e. The van der Waals surface area contributed by atoms with Crippen LogP contribution in [0.1, 0.15) is 38.5 Å². The van der Waals surface area contributed by atoms with E-state index < -0.39 is 0 Å². The van der Waals surface area contributed by atoms with Gasteiger partial charge in [-0.15, -0.1) is 0 Å². The molecule has 0 aliphatic heterocycles. The van der Waals surface area contributed by atoms with Gasteiger partial charge in [0, 0.05) is 18.9 Å². The number of amides is 1. The first-order valence-corrected chi connectivity index (χ1v) is 6.55. The lowest BCUT2D eigenvalue weighted by molar-refractivity contribution is -0.140. The van der Waals surface area contributed by atoms with Crippen molar-refractivity contribution in [1.29, 1.82) is 0 Å². The number of carbonyl (C=O) groups is 2. The molecule has 0 aromatic rings. The highest BCUT2D eigenvalue weighted by molar-refractivity contribution is 5.79. The zero-order valence-electron chi connectivity index (χ0n) is 10.4. The summed E-state index contributed by atoms with van der Waals surface area (Å²) in [6.07, 6.45) is 5.92. The van der Waals surface area contributed by atoms with Crippen LogP contribution in [0.5, 0.6) is 0 Å². The summed E-state index contributed by atoms with van der Waals surface area (Å²) >= 11 is 0. The van der Waals surface area contributed by atoms with E-state index in [0.717, 1.165) is 12.3 Å². The molecule has 3 atom stereocenters. The number of rotatable bonds is 5. The lowest BCUT2D eigenvalue weighted by Crippen LogP contribution is -2.34. The monoisotopic (exact) mass is 239 g/mol. The average Bonchev–Trinajstić information content (AvgIpc) is 2.96. The summed E-state index contributed by atoms with van der Waals surface area (Å²) in [4.78, 5) is 22.8. The Morgan fingerprint density at radius 2 is 2.12 bits per heavy atom. The third kappa shape index (κ3) is 2.99. The van der Waals surface area contributed by atoms with Gasteiger partial charge < -0.3 is 10.1 Å². The van der Waals surface area contributed by atoms with Crippen LogP contribution in [0.3, 0.4) is 0 Å². The molecule has 1 amide bonds. The molecule has 4 heteroatoms. The van der Waals surface area contributed by atoms with E-state index in [2.05, 4.69) is 10.1 Å². The number of nitrogens with one attached hydrogen (secondary N) is 1. The van der Waals surface area contributed by atoms with Crippen molar-refractivity contribution in [3.8, 4) is 0 Å². The van der Waals surface area contributed by atoms with Gasteiger partial charge >= 0.3 is 5.97 Å².